The molecule has 0 aliphatic heterocycles. The molecule has 3 N–H and O–H groups in total. The van der Waals surface area contributed by atoms with Crippen molar-refractivity contribution >= 4 is 34.8 Å². The van der Waals surface area contributed by atoms with Gasteiger partial charge in [0.15, 0.2) is 12.3 Å². The number of para-hydroxylation sites is 1. The van der Waals surface area contributed by atoms with Crippen molar-refractivity contribution < 1.29 is 14.5 Å². The summed E-state index contributed by atoms with van der Waals surface area (Å²) < 4.78 is 5.28. The molecule has 0 radical (unpaired) electrons. The van der Waals surface area contributed by atoms with Gasteiger partial charge in [-0.3, -0.25) is 4.79 Å². The molecule has 0 aliphatic rings. The fourth-order valence-electron chi connectivity index (χ4n) is 1.76. The van der Waals surface area contributed by atoms with E-state index < -0.39 is 0 Å². The molecule has 4 nitrogen and oxygen atoms in total. The van der Waals surface area contributed by atoms with E-state index in [4.69, 9.17) is 27.6 Å². The first kappa shape index (κ1) is 14.9. The van der Waals surface area contributed by atoms with Gasteiger partial charge >= 0.3 is 0 Å². The van der Waals surface area contributed by atoms with Crippen LogP contribution in [0.2, 0.25) is 10.0 Å². The molecule has 1 atom stereocenters. The summed E-state index contributed by atoms with van der Waals surface area (Å²) >= 11 is 12.0. The minimum Gasteiger partial charge on any atom is -0.463 e. The zero-order chi connectivity index (χ0) is 14.5. The number of carbonyl (C=O) groups excluding carboxylic acids is 1. The van der Waals surface area contributed by atoms with E-state index in [1.54, 1.807) is 24.5 Å². The number of nitrogens with one attached hydrogen (secondary N) is 1. The summed E-state index contributed by atoms with van der Waals surface area (Å²) in [6, 6.07) is 8.85. The Morgan fingerprint density at radius 3 is 2.60 bits per heavy atom. The zero-order valence-corrected chi connectivity index (χ0v) is 12.4. The second-order valence-electron chi connectivity index (χ2n) is 4.39. The molecule has 0 unspecified atom stereocenters. The van der Waals surface area contributed by atoms with Crippen molar-refractivity contribution in [1.82, 2.24) is 0 Å². The highest BCUT2D eigenvalue weighted by Crippen LogP contribution is 2.29. The molecule has 0 saturated heterocycles. The lowest BCUT2D eigenvalue weighted by molar-refractivity contribution is -0.684. The van der Waals surface area contributed by atoms with Gasteiger partial charge in [-0.05, 0) is 31.2 Å². The van der Waals surface area contributed by atoms with E-state index in [1.807, 2.05) is 24.4 Å². The Morgan fingerprint density at radius 1 is 1.30 bits per heavy atom. The standard InChI is InChI=1S/C14H14Cl2N2O2/c1-9(12-6-3-7-20-12)17-8-13(19)18-14-10(15)4-2-5-11(14)16/h2-7,9,17H,8H2,1H3,(H,18,19)/p+1/t9-/m0/s1. The van der Waals surface area contributed by atoms with Gasteiger partial charge in [0, 0.05) is 0 Å². The molecular formula is C14H15Cl2N2O2+. The Morgan fingerprint density at radius 2 is 2.00 bits per heavy atom. The smallest absolute Gasteiger partial charge is 0.279 e. The molecule has 0 fully saturated rings. The molecule has 0 saturated carbocycles. The third kappa shape index (κ3) is 3.76. The van der Waals surface area contributed by atoms with Crippen LogP contribution in [-0.4, -0.2) is 12.5 Å². The lowest BCUT2D eigenvalue weighted by Gasteiger charge is -2.10. The summed E-state index contributed by atoms with van der Waals surface area (Å²) in [6.07, 6.45) is 1.61. The minimum absolute atomic E-state index is 0.0671. The van der Waals surface area contributed by atoms with Gasteiger partial charge in [0.25, 0.3) is 5.91 Å². The van der Waals surface area contributed by atoms with Gasteiger partial charge in [0.1, 0.15) is 6.04 Å². The van der Waals surface area contributed by atoms with Crippen molar-refractivity contribution in [1.29, 1.82) is 0 Å². The summed E-state index contributed by atoms with van der Waals surface area (Å²) in [5.74, 6) is 0.659. The lowest BCUT2D eigenvalue weighted by Crippen LogP contribution is -2.86. The van der Waals surface area contributed by atoms with Gasteiger partial charge in [-0.15, -0.1) is 0 Å². The molecule has 2 rings (SSSR count). The van der Waals surface area contributed by atoms with E-state index in [0.29, 0.717) is 15.7 Å². The van der Waals surface area contributed by atoms with Crippen molar-refractivity contribution in [2.24, 2.45) is 0 Å². The van der Waals surface area contributed by atoms with E-state index in [0.717, 1.165) is 5.76 Å². The Labute approximate surface area is 127 Å². The van der Waals surface area contributed by atoms with Crippen LogP contribution >= 0.6 is 23.2 Å². The van der Waals surface area contributed by atoms with E-state index in [2.05, 4.69) is 5.32 Å². The van der Waals surface area contributed by atoms with Crippen LogP contribution < -0.4 is 10.6 Å². The molecule has 106 valence electrons. The molecule has 1 aromatic heterocycles. The second-order valence-corrected chi connectivity index (χ2v) is 5.20. The van der Waals surface area contributed by atoms with Crippen LogP contribution in [0.15, 0.2) is 41.0 Å². The summed E-state index contributed by atoms with van der Waals surface area (Å²) in [4.78, 5) is 11.9. The van der Waals surface area contributed by atoms with Crippen LogP contribution in [0.25, 0.3) is 0 Å². The van der Waals surface area contributed by atoms with Gasteiger partial charge in [0.05, 0.1) is 22.0 Å². The number of benzene rings is 1. The van der Waals surface area contributed by atoms with Gasteiger partial charge in [-0.1, -0.05) is 29.3 Å². The molecule has 1 aromatic carbocycles. The first-order valence-electron chi connectivity index (χ1n) is 6.18. The van der Waals surface area contributed by atoms with Gasteiger partial charge < -0.3 is 15.1 Å². The minimum atomic E-state index is -0.168. The van der Waals surface area contributed by atoms with Gasteiger partial charge in [-0.2, -0.15) is 0 Å². The summed E-state index contributed by atoms with van der Waals surface area (Å²) in [6.45, 7) is 2.22. The predicted octanol–water partition coefficient (Wildman–Crippen LogP) is 2.85. The van der Waals surface area contributed by atoms with Crippen molar-refractivity contribution in [3.05, 3.63) is 52.4 Å². The highest BCUT2D eigenvalue weighted by molar-refractivity contribution is 6.39. The number of hydrogen-bond acceptors (Lipinski definition) is 2. The first-order valence-corrected chi connectivity index (χ1v) is 6.94. The second kappa shape index (κ2) is 6.79. The fraction of sp³-hybridized carbons (Fsp3) is 0.214. The molecule has 2 aromatic rings. The monoisotopic (exact) mass is 313 g/mol. The van der Waals surface area contributed by atoms with Crippen molar-refractivity contribution in [3.63, 3.8) is 0 Å². The maximum absolute atomic E-state index is 11.9. The molecule has 20 heavy (non-hydrogen) atoms. The predicted molar refractivity (Wildman–Crippen MR) is 79.0 cm³/mol. The highest BCUT2D eigenvalue weighted by atomic mass is 35.5. The Balaban J connectivity index is 1.90. The molecule has 0 spiro atoms. The van der Waals surface area contributed by atoms with Crippen molar-refractivity contribution in [2.75, 3.05) is 11.9 Å². The number of anilines is 1. The number of hydrogen-bond donors (Lipinski definition) is 2. The highest BCUT2D eigenvalue weighted by Gasteiger charge is 2.15. The normalized spacial score (nSPS) is 12.2. The van der Waals surface area contributed by atoms with Crippen LogP contribution in [0.3, 0.4) is 0 Å². The Bertz CT molecular complexity index is 565. The van der Waals surface area contributed by atoms with E-state index in [1.165, 1.54) is 0 Å². The van der Waals surface area contributed by atoms with E-state index >= 15 is 0 Å². The summed E-state index contributed by atoms with van der Waals surface area (Å²) in [5.41, 5.74) is 0.444. The van der Waals surface area contributed by atoms with Crippen LogP contribution in [0, 0.1) is 0 Å². The number of amides is 1. The third-order valence-electron chi connectivity index (χ3n) is 2.88. The molecule has 0 aliphatic carbocycles. The van der Waals surface area contributed by atoms with Crippen LogP contribution in [0.5, 0.6) is 0 Å². The average molecular weight is 314 g/mol. The maximum atomic E-state index is 11.9. The molecule has 1 amide bonds. The topological polar surface area (TPSA) is 58.9 Å². The largest absolute Gasteiger partial charge is 0.463 e. The Kier molecular flexibility index (Phi) is 5.06. The van der Waals surface area contributed by atoms with Crippen LogP contribution in [0.1, 0.15) is 18.7 Å². The third-order valence-corrected chi connectivity index (χ3v) is 3.51. The number of carbonyl (C=O) groups is 1. The molecule has 0 bridgehead atoms. The summed E-state index contributed by atoms with van der Waals surface area (Å²) in [5, 5.41) is 5.43. The SMILES string of the molecule is C[C@H]([NH2+]CC(=O)Nc1c(Cl)cccc1Cl)c1ccco1. The van der Waals surface area contributed by atoms with E-state index in [9.17, 15) is 4.79 Å². The average Bonchev–Trinajstić information content (AvgIpc) is 2.94. The molecular weight excluding hydrogens is 299 g/mol. The molecule has 6 heteroatoms. The Hall–Kier alpha value is -1.49. The fourth-order valence-corrected chi connectivity index (χ4v) is 2.25. The number of nitrogens with two attached hydrogens (primary N) is 1. The number of furan rings is 1. The molecule has 1 heterocycles. The van der Waals surface area contributed by atoms with Crippen LogP contribution in [0.4, 0.5) is 5.69 Å². The first-order chi connectivity index (χ1) is 9.58. The van der Waals surface area contributed by atoms with E-state index in [-0.39, 0.29) is 18.5 Å². The van der Waals surface area contributed by atoms with Gasteiger partial charge in [0.2, 0.25) is 0 Å². The zero-order valence-electron chi connectivity index (χ0n) is 10.9. The van der Waals surface area contributed by atoms with Gasteiger partial charge in [-0.25, -0.2) is 0 Å². The van der Waals surface area contributed by atoms with Crippen molar-refractivity contribution in [3.8, 4) is 0 Å². The number of halogens is 2. The van der Waals surface area contributed by atoms with Crippen LogP contribution in [-0.2, 0) is 4.79 Å². The number of rotatable bonds is 5. The quantitative estimate of drug-likeness (QED) is 0.891. The van der Waals surface area contributed by atoms with Crippen molar-refractivity contribution in [2.45, 2.75) is 13.0 Å². The maximum Gasteiger partial charge on any atom is 0.279 e. The summed E-state index contributed by atoms with van der Waals surface area (Å²) in [7, 11) is 0. The lowest BCUT2D eigenvalue weighted by atomic mass is 10.2. The number of quaternary nitrogens is 1.